The summed E-state index contributed by atoms with van der Waals surface area (Å²) in [6.45, 7) is 0.197. The van der Waals surface area contributed by atoms with Gasteiger partial charge in [-0.2, -0.15) is 0 Å². The van der Waals surface area contributed by atoms with Gasteiger partial charge in [0.1, 0.15) is 0 Å². The number of rotatable bonds is 7. The van der Waals surface area contributed by atoms with Crippen molar-refractivity contribution in [3.05, 3.63) is 95.0 Å². The van der Waals surface area contributed by atoms with Crippen molar-refractivity contribution in [2.24, 2.45) is 0 Å². The van der Waals surface area contributed by atoms with Crippen LogP contribution in [0, 0.1) is 0 Å². The molecule has 0 aromatic heterocycles. The van der Waals surface area contributed by atoms with Gasteiger partial charge in [-0.25, -0.2) is 13.9 Å². The summed E-state index contributed by atoms with van der Waals surface area (Å²) in [6.07, 6.45) is 0. The van der Waals surface area contributed by atoms with E-state index < -0.39 is 15.9 Å². The van der Waals surface area contributed by atoms with Crippen LogP contribution in [0.1, 0.15) is 15.9 Å². The average Bonchev–Trinajstić information content (AvgIpc) is 2.70. The zero-order chi connectivity index (χ0) is 20.0. The van der Waals surface area contributed by atoms with Crippen LogP contribution in [0.2, 0.25) is 5.02 Å². The number of halogens is 1. The first-order valence-electron chi connectivity index (χ1n) is 8.28. The summed E-state index contributed by atoms with van der Waals surface area (Å²) in [5.74, 6) is -0.542. The van der Waals surface area contributed by atoms with Gasteiger partial charge < -0.3 is 0 Å². The molecule has 3 aromatic carbocycles. The summed E-state index contributed by atoms with van der Waals surface area (Å²) in [5, 5.41) is 0.497. The van der Waals surface area contributed by atoms with E-state index >= 15 is 0 Å². The quantitative estimate of drug-likeness (QED) is 0.570. The Bertz CT molecular complexity index is 1060. The van der Waals surface area contributed by atoms with E-state index in [4.69, 9.17) is 16.4 Å². The van der Waals surface area contributed by atoms with Gasteiger partial charge in [0.05, 0.1) is 11.5 Å². The van der Waals surface area contributed by atoms with Crippen LogP contribution in [0.5, 0.6) is 0 Å². The van der Waals surface area contributed by atoms with Crippen LogP contribution in [0.4, 0.5) is 5.69 Å². The Labute approximate surface area is 168 Å². The minimum Gasteiger partial charge on any atom is -0.280 e. The molecule has 0 fully saturated rings. The number of hydrogen-bond donors (Lipinski definition) is 2. The highest BCUT2D eigenvalue weighted by Crippen LogP contribution is 2.19. The summed E-state index contributed by atoms with van der Waals surface area (Å²) >= 11 is 5.80. The Morgan fingerprint density at radius 2 is 1.64 bits per heavy atom. The smallest absolute Gasteiger partial charge is 0.274 e. The van der Waals surface area contributed by atoms with E-state index in [1.807, 2.05) is 30.3 Å². The Morgan fingerprint density at radius 1 is 0.929 bits per heavy atom. The van der Waals surface area contributed by atoms with Crippen molar-refractivity contribution >= 4 is 33.2 Å². The van der Waals surface area contributed by atoms with Crippen molar-refractivity contribution in [1.82, 2.24) is 5.48 Å². The topological polar surface area (TPSA) is 84.5 Å². The second-order valence-electron chi connectivity index (χ2n) is 5.85. The highest BCUT2D eigenvalue weighted by molar-refractivity contribution is 7.92. The summed E-state index contributed by atoms with van der Waals surface area (Å²) < 4.78 is 27.5. The zero-order valence-corrected chi connectivity index (χ0v) is 16.2. The molecule has 3 rings (SSSR count). The Morgan fingerprint density at radius 3 is 2.36 bits per heavy atom. The van der Waals surface area contributed by atoms with E-state index in [0.717, 1.165) is 5.56 Å². The Hall–Kier alpha value is -2.87. The van der Waals surface area contributed by atoms with Gasteiger partial charge in [0, 0.05) is 16.3 Å². The number of carbonyl (C=O) groups excluding carboxylic acids is 1. The molecule has 0 saturated heterocycles. The third-order valence-electron chi connectivity index (χ3n) is 3.75. The maximum absolute atomic E-state index is 12.6. The first-order valence-corrected chi connectivity index (χ1v) is 10.1. The number of nitrogens with one attached hydrogen (secondary N) is 2. The van der Waals surface area contributed by atoms with Gasteiger partial charge >= 0.3 is 0 Å². The standard InChI is InChI=1S/C20H17ClN2O4S/c21-17-9-11-18(12-10-17)23-28(25,26)19-8-4-7-16(13-19)20(24)22-27-14-15-5-2-1-3-6-15/h1-13,23H,14H2,(H,22,24). The van der Waals surface area contributed by atoms with Crippen molar-refractivity contribution in [2.75, 3.05) is 4.72 Å². The second kappa shape index (κ2) is 8.88. The molecule has 0 saturated carbocycles. The largest absolute Gasteiger partial charge is 0.280 e. The number of hydroxylamine groups is 1. The van der Waals surface area contributed by atoms with Crippen molar-refractivity contribution < 1.29 is 18.0 Å². The maximum Gasteiger partial charge on any atom is 0.274 e. The summed E-state index contributed by atoms with van der Waals surface area (Å²) in [4.78, 5) is 17.4. The van der Waals surface area contributed by atoms with E-state index in [-0.39, 0.29) is 17.1 Å². The fourth-order valence-corrected chi connectivity index (χ4v) is 3.58. The molecular formula is C20H17ClN2O4S. The molecule has 28 heavy (non-hydrogen) atoms. The lowest BCUT2D eigenvalue weighted by atomic mass is 10.2. The molecule has 0 radical (unpaired) electrons. The fourth-order valence-electron chi connectivity index (χ4n) is 2.35. The number of amides is 1. The molecule has 2 N–H and O–H groups in total. The lowest BCUT2D eigenvalue weighted by Gasteiger charge is -2.10. The van der Waals surface area contributed by atoms with Gasteiger partial charge in [0.2, 0.25) is 0 Å². The summed E-state index contributed by atoms with van der Waals surface area (Å²) in [7, 11) is -3.86. The lowest BCUT2D eigenvalue weighted by molar-refractivity contribution is 0.0233. The molecule has 0 atom stereocenters. The lowest BCUT2D eigenvalue weighted by Crippen LogP contribution is -2.24. The van der Waals surface area contributed by atoms with E-state index in [0.29, 0.717) is 10.7 Å². The molecule has 144 valence electrons. The zero-order valence-electron chi connectivity index (χ0n) is 14.6. The van der Waals surface area contributed by atoms with Crippen molar-refractivity contribution in [2.45, 2.75) is 11.5 Å². The highest BCUT2D eigenvalue weighted by atomic mass is 35.5. The number of sulfonamides is 1. The van der Waals surface area contributed by atoms with Gasteiger partial charge in [-0.3, -0.25) is 14.4 Å². The van der Waals surface area contributed by atoms with Gasteiger partial charge in [0.25, 0.3) is 15.9 Å². The predicted molar refractivity (Wildman–Crippen MR) is 107 cm³/mol. The SMILES string of the molecule is O=C(NOCc1ccccc1)c1cccc(S(=O)(=O)Nc2ccc(Cl)cc2)c1. The molecule has 1 amide bonds. The molecule has 8 heteroatoms. The number of hydrogen-bond acceptors (Lipinski definition) is 4. The maximum atomic E-state index is 12.6. The van der Waals surface area contributed by atoms with E-state index in [1.54, 1.807) is 24.3 Å². The number of anilines is 1. The van der Waals surface area contributed by atoms with E-state index in [9.17, 15) is 13.2 Å². The van der Waals surface area contributed by atoms with Crippen LogP contribution < -0.4 is 10.2 Å². The van der Waals surface area contributed by atoms with Gasteiger partial charge in [0.15, 0.2) is 0 Å². The molecule has 6 nitrogen and oxygen atoms in total. The normalized spacial score (nSPS) is 11.0. The summed E-state index contributed by atoms with van der Waals surface area (Å²) in [5.41, 5.74) is 3.73. The molecule has 0 bridgehead atoms. The molecule has 3 aromatic rings. The van der Waals surface area contributed by atoms with E-state index in [1.165, 1.54) is 24.3 Å². The molecule has 0 spiro atoms. The van der Waals surface area contributed by atoms with Crippen LogP contribution in [0.3, 0.4) is 0 Å². The first-order chi connectivity index (χ1) is 13.4. The van der Waals surface area contributed by atoms with Gasteiger partial charge in [-0.15, -0.1) is 0 Å². The molecule has 0 heterocycles. The van der Waals surface area contributed by atoms with Crippen molar-refractivity contribution in [3.63, 3.8) is 0 Å². The summed E-state index contributed by atoms with van der Waals surface area (Å²) in [6, 6.07) is 21.3. The van der Waals surface area contributed by atoms with Crippen molar-refractivity contribution in [1.29, 1.82) is 0 Å². The van der Waals surface area contributed by atoms with Crippen LogP contribution in [-0.2, 0) is 21.5 Å². The minimum absolute atomic E-state index is 0.0434. The third-order valence-corrected chi connectivity index (χ3v) is 5.38. The Kier molecular flexibility index (Phi) is 6.30. The van der Waals surface area contributed by atoms with Gasteiger partial charge in [-0.05, 0) is 48.0 Å². The Balaban J connectivity index is 1.66. The minimum atomic E-state index is -3.86. The van der Waals surface area contributed by atoms with Crippen LogP contribution in [0.25, 0.3) is 0 Å². The van der Waals surface area contributed by atoms with Crippen LogP contribution >= 0.6 is 11.6 Å². The monoisotopic (exact) mass is 416 g/mol. The van der Waals surface area contributed by atoms with Gasteiger partial charge in [-0.1, -0.05) is 48.0 Å². The second-order valence-corrected chi connectivity index (χ2v) is 7.96. The first kappa shape index (κ1) is 19.9. The third kappa shape index (κ3) is 5.32. The van der Waals surface area contributed by atoms with Crippen LogP contribution in [0.15, 0.2) is 83.8 Å². The molecule has 0 aliphatic carbocycles. The predicted octanol–water partition coefficient (Wildman–Crippen LogP) is 4.00. The highest BCUT2D eigenvalue weighted by Gasteiger charge is 2.16. The average molecular weight is 417 g/mol. The van der Waals surface area contributed by atoms with Crippen LogP contribution in [-0.4, -0.2) is 14.3 Å². The molecule has 0 aliphatic rings. The van der Waals surface area contributed by atoms with Crippen molar-refractivity contribution in [3.8, 4) is 0 Å². The molecule has 0 aliphatic heterocycles. The number of benzene rings is 3. The molecule has 0 unspecified atom stereocenters. The fraction of sp³-hybridized carbons (Fsp3) is 0.0500. The number of carbonyl (C=O) groups is 1. The molecular weight excluding hydrogens is 400 g/mol. The van der Waals surface area contributed by atoms with E-state index in [2.05, 4.69) is 10.2 Å².